The van der Waals surface area contributed by atoms with Crippen molar-refractivity contribution in [3.05, 3.63) is 22.2 Å². The van der Waals surface area contributed by atoms with Crippen LogP contribution in [-0.2, 0) is 4.79 Å². The Hall–Kier alpha value is -1.85. The minimum atomic E-state index is -0.857. The lowest BCUT2D eigenvalue weighted by Gasteiger charge is -2.36. The molecule has 1 aliphatic rings. The lowest BCUT2D eigenvalue weighted by Crippen LogP contribution is -2.47. The molecule has 20 heavy (non-hydrogen) atoms. The van der Waals surface area contributed by atoms with Gasteiger partial charge in [0.2, 0.25) is 0 Å². The molecule has 2 unspecified atom stereocenters. The van der Waals surface area contributed by atoms with Crippen LogP contribution >= 0.6 is 0 Å². The van der Waals surface area contributed by atoms with E-state index >= 15 is 0 Å². The largest absolute Gasteiger partial charge is 0.480 e. The fraction of sp³-hybridized carbons (Fsp3) is 0.643. The van der Waals surface area contributed by atoms with E-state index in [-0.39, 0.29) is 11.5 Å². The quantitative estimate of drug-likeness (QED) is 0.877. The molecular weight excluding hydrogens is 258 g/mol. The van der Waals surface area contributed by atoms with Crippen LogP contribution in [-0.4, -0.2) is 33.6 Å². The summed E-state index contributed by atoms with van der Waals surface area (Å²) >= 11 is 0. The zero-order chi connectivity index (χ0) is 14.9. The average Bonchev–Trinajstić information content (AvgIpc) is 2.37. The SMILES string of the molecule is CC1CCN(c2cc(=O)[nH]c(C(C)C)n2)C(C(=O)O)C1. The van der Waals surface area contributed by atoms with Gasteiger partial charge in [0.15, 0.2) is 0 Å². The van der Waals surface area contributed by atoms with Crippen molar-refractivity contribution in [2.24, 2.45) is 5.92 Å². The van der Waals surface area contributed by atoms with Crippen LogP contribution < -0.4 is 10.5 Å². The Morgan fingerprint density at radius 3 is 2.85 bits per heavy atom. The van der Waals surface area contributed by atoms with Gasteiger partial charge < -0.3 is 15.0 Å². The smallest absolute Gasteiger partial charge is 0.326 e. The molecule has 2 rings (SSSR count). The van der Waals surface area contributed by atoms with E-state index in [1.807, 2.05) is 13.8 Å². The Morgan fingerprint density at radius 1 is 1.55 bits per heavy atom. The van der Waals surface area contributed by atoms with Crippen molar-refractivity contribution in [3.8, 4) is 0 Å². The zero-order valence-electron chi connectivity index (χ0n) is 12.1. The van der Waals surface area contributed by atoms with Gasteiger partial charge in [0, 0.05) is 18.5 Å². The second-order valence-electron chi connectivity index (χ2n) is 5.82. The Balaban J connectivity index is 2.38. The summed E-state index contributed by atoms with van der Waals surface area (Å²) in [7, 11) is 0. The second-order valence-corrected chi connectivity index (χ2v) is 5.82. The summed E-state index contributed by atoms with van der Waals surface area (Å²) in [6, 6.07) is 0.783. The van der Waals surface area contributed by atoms with Crippen molar-refractivity contribution in [2.45, 2.75) is 45.6 Å². The first-order valence-electron chi connectivity index (χ1n) is 6.99. The van der Waals surface area contributed by atoms with E-state index in [2.05, 4.69) is 16.9 Å². The van der Waals surface area contributed by atoms with Crippen molar-refractivity contribution in [3.63, 3.8) is 0 Å². The number of piperidine rings is 1. The zero-order valence-corrected chi connectivity index (χ0v) is 12.1. The summed E-state index contributed by atoms with van der Waals surface area (Å²) in [4.78, 5) is 32.0. The van der Waals surface area contributed by atoms with E-state index in [1.54, 1.807) is 4.90 Å². The maximum absolute atomic E-state index is 11.7. The Kier molecular flexibility index (Phi) is 4.11. The van der Waals surface area contributed by atoms with Crippen LogP contribution in [0.3, 0.4) is 0 Å². The molecule has 1 fully saturated rings. The summed E-state index contributed by atoms with van der Waals surface area (Å²) in [5.41, 5.74) is -0.235. The predicted octanol–water partition coefficient (Wildman–Crippen LogP) is 1.58. The van der Waals surface area contributed by atoms with Crippen molar-refractivity contribution in [1.29, 1.82) is 0 Å². The van der Waals surface area contributed by atoms with Crippen LogP contribution in [0.1, 0.15) is 45.4 Å². The van der Waals surface area contributed by atoms with Gasteiger partial charge in [0.25, 0.3) is 5.56 Å². The molecule has 1 aliphatic heterocycles. The molecular formula is C14H21N3O3. The first kappa shape index (κ1) is 14.6. The first-order valence-corrected chi connectivity index (χ1v) is 6.99. The summed E-state index contributed by atoms with van der Waals surface area (Å²) in [5, 5.41) is 9.38. The summed E-state index contributed by atoms with van der Waals surface area (Å²) in [5.74, 6) is 0.672. The number of carbonyl (C=O) groups is 1. The third kappa shape index (κ3) is 3.00. The molecule has 0 aromatic carbocycles. The molecule has 1 saturated heterocycles. The van der Waals surface area contributed by atoms with Gasteiger partial charge in [0.05, 0.1) is 0 Å². The first-order chi connectivity index (χ1) is 9.38. The van der Waals surface area contributed by atoms with Crippen LogP contribution in [0.4, 0.5) is 5.82 Å². The Morgan fingerprint density at radius 2 is 2.25 bits per heavy atom. The number of H-pyrrole nitrogens is 1. The van der Waals surface area contributed by atoms with E-state index < -0.39 is 12.0 Å². The van der Waals surface area contributed by atoms with E-state index in [9.17, 15) is 14.7 Å². The number of nitrogens with one attached hydrogen (secondary N) is 1. The van der Waals surface area contributed by atoms with Crippen molar-refractivity contribution in [2.75, 3.05) is 11.4 Å². The monoisotopic (exact) mass is 279 g/mol. The minimum absolute atomic E-state index is 0.0923. The number of nitrogens with zero attached hydrogens (tertiary/aromatic N) is 2. The molecule has 6 nitrogen and oxygen atoms in total. The van der Waals surface area contributed by atoms with E-state index in [0.717, 1.165) is 6.42 Å². The highest BCUT2D eigenvalue weighted by Crippen LogP contribution is 2.26. The summed E-state index contributed by atoms with van der Waals surface area (Å²) in [6.45, 7) is 6.55. The van der Waals surface area contributed by atoms with Gasteiger partial charge in [-0.05, 0) is 18.8 Å². The van der Waals surface area contributed by atoms with Crippen molar-refractivity contribution in [1.82, 2.24) is 9.97 Å². The number of carboxylic acids is 1. The predicted molar refractivity (Wildman–Crippen MR) is 76.1 cm³/mol. The van der Waals surface area contributed by atoms with Gasteiger partial charge in [-0.1, -0.05) is 20.8 Å². The standard InChI is InChI=1S/C14H21N3O3/c1-8(2)13-15-11(7-12(18)16-13)17-5-4-9(3)6-10(17)14(19)20/h7-10H,4-6H2,1-3H3,(H,19,20)(H,15,16,18). The topological polar surface area (TPSA) is 86.3 Å². The highest BCUT2D eigenvalue weighted by Gasteiger charge is 2.32. The van der Waals surface area contributed by atoms with Gasteiger partial charge in [-0.2, -0.15) is 0 Å². The number of aromatic amines is 1. The number of hydrogen-bond donors (Lipinski definition) is 2. The molecule has 0 radical (unpaired) electrons. The number of rotatable bonds is 3. The molecule has 0 amide bonds. The van der Waals surface area contributed by atoms with E-state index in [0.29, 0.717) is 30.5 Å². The number of hydrogen-bond acceptors (Lipinski definition) is 4. The number of aromatic nitrogens is 2. The average molecular weight is 279 g/mol. The summed E-state index contributed by atoms with van der Waals surface area (Å²) < 4.78 is 0. The molecule has 0 aliphatic carbocycles. The molecule has 2 heterocycles. The van der Waals surface area contributed by atoms with Crippen LogP contribution in [0.2, 0.25) is 0 Å². The lowest BCUT2D eigenvalue weighted by atomic mass is 9.92. The summed E-state index contributed by atoms with van der Waals surface area (Å²) in [6.07, 6.45) is 1.50. The fourth-order valence-corrected chi connectivity index (χ4v) is 2.53. The molecule has 1 aromatic rings. The third-order valence-corrected chi connectivity index (χ3v) is 3.74. The fourth-order valence-electron chi connectivity index (χ4n) is 2.53. The molecule has 110 valence electrons. The van der Waals surface area contributed by atoms with Gasteiger partial charge in [0.1, 0.15) is 17.7 Å². The van der Waals surface area contributed by atoms with Crippen molar-refractivity contribution < 1.29 is 9.90 Å². The molecule has 0 saturated carbocycles. The van der Waals surface area contributed by atoms with Crippen LogP contribution in [0, 0.1) is 5.92 Å². The molecule has 0 spiro atoms. The Bertz CT molecular complexity index is 553. The molecule has 2 atom stereocenters. The number of carboxylic acid groups (broad SMARTS) is 1. The molecule has 0 bridgehead atoms. The number of anilines is 1. The van der Waals surface area contributed by atoms with Crippen LogP contribution in [0.15, 0.2) is 10.9 Å². The number of aliphatic carboxylic acids is 1. The van der Waals surface area contributed by atoms with E-state index in [4.69, 9.17) is 0 Å². The normalized spacial score (nSPS) is 23.1. The van der Waals surface area contributed by atoms with E-state index in [1.165, 1.54) is 6.07 Å². The van der Waals surface area contributed by atoms with Crippen molar-refractivity contribution >= 4 is 11.8 Å². The molecule has 1 aromatic heterocycles. The van der Waals surface area contributed by atoms with Gasteiger partial charge >= 0.3 is 5.97 Å². The Labute approximate surface area is 117 Å². The lowest BCUT2D eigenvalue weighted by molar-refractivity contribution is -0.139. The second kappa shape index (κ2) is 5.64. The highest BCUT2D eigenvalue weighted by atomic mass is 16.4. The van der Waals surface area contributed by atoms with Gasteiger partial charge in [-0.15, -0.1) is 0 Å². The van der Waals surface area contributed by atoms with Crippen LogP contribution in [0.5, 0.6) is 0 Å². The molecule has 2 N–H and O–H groups in total. The highest BCUT2D eigenvalue weighted by molar-refractivity contribution is 5.78. The maximum atomic E-state index is 11.7. The molecule has 6 heteroatoms. The minimum Gasteiger partial charge on any atom is -0.480 e. The van der Waals surface area contributed by atoms with Crippen LogP contribution in [0.25, 0.3) is 0 Å². The maximum Gasteiger partial charge on any atom is 0.326 e. The van der Waals surface area contributed by atoms with Gasteiger partial charge in [-0.25, -0.2) is 9.78 Å². The van der Waals surface area contributed by atoms with Gasteiger partial charge in [-0.3, -0.25) is 4.79 Å². The third-order valence-electron chi connectivity index (χ3n) is 3.74.